The van der Waals surface area contributed by atoms with Crippen molar-refractivity contribution < 1.29 is 24.5 Å². The van der Waals surface area contributed by atoms with E-state index in [4.69, 9.17) is 10.8 Å². The van der Waals surface area contributed by atoms with Crippen LogP contribution in [-0.4, -0.2) is 33.9 Å². The highest BCUT2D eigenvalue weighted by molar-refractivity contribution is 5.88. The molecular weight excluding hydrogens is 217 g/mol. The molecule has 5 N–H and O–H groups in total. The number of nitrogens with two attached hydrogens (primary N) is 1. The van der Waals surface area contributed by atoms with Crippen LogP contribution in [0.3, 0.4) is 0 Å². The van der Waals surface area contributed by atoms with Gasteiger partial charge in [0.15, 0.2) is 0 Å². The molecule has 0 aliphatic rings. The predicted molar refractivity (Wildman–Crippen MR) is 53.4 cm³/mol. The zero-order valence-electron chi connectivity index (χ0n) is 8.30. The van der Waals surface area contributed by atoms with E-state index >= 15 is 0 Å². The molecule has 5 nitrogen and oxygen atoms in total. The van der Waals surface area contributed by atoms with Crippen LogP contribution in [-0.2, 0) is 0 Å². The minimum Gasteiger partial charge on any atom is -0.478 e. The molecular formula is C10H12FNO4. The zero-order valence-corrected chi connectivity index (χ0v) is 8.30. The molecule has 0 bridgehead atoms. The molecule has 0 aliphatic heterocycles. The molecule has 1 rings (SSSR count). The molecule has 16 heavy (non-hydrogen) atoms. The molecule has 6 heteroatoms. The second kappa shape index (κ2) is 5.02. The van der Waals surface area contributed by atoms with Crippen molar-refractivity contribution in [3.8, 4) is 0 Å². The summed E-state index contributed by atoms with van der Waals surface area (Å²) in [6, 6.07) is 3.56. The Morgan fingerprint density at radius 1 is 1.44 bits per heavy atom. The smallest absolute Gasteiger partial charge is 0.338 e. The van der Waals surface area contributed by atoms with Crippen molar-refractivity contribution in [2.45, 2.75) is 12.2 Å². The third-order valence-corrected chi connectivity index (χ3v) is 2.18. The van der Waals surface area contributed by atoms with Crippen LogP contribution in [0.4, 0.5) is 4.39 Å². The molecule has 0 aromatic heterocycles. The molecule has 1 aromatic rings. The van der Waals surface area contributed by atoms with Gasteiger partial charge in [-0.25, -0.2) is 9.18 Å². The van der Waals surface area contributed by atoms with Gasteiger partial charge in [-0.1, -0.05) is 12.1 Å². The van der Waals surface area contributed by atoms with Crippen molar-refractivity contribution in [2.24, 2.45) is 5.73 Å². The summed E-state index contributed by atoms with van der Waals surface area (Å²) in [6.07, 6.45) is -2.87. The Labute approximate surface area is 90.9 Å². The maximum Gasteiger partial charge on any atom is 0.338 e. The molecule has 0 spiro atoms. The van der Waals surface area contributed by atoms with E-state index in [-0.39, 0.29) is 12.1 Å². The fourth-order valence-corrected chi connectivity index (χ4v) is 1.28. The first-order valence-corrected chi connectivity index (χ1v) is 4.57. The number of carboxylic acids is 1. The summed E-state index contributed by atoms with van der Waals surface area (Å²) in [5, 5.41) is 27.4. The highest BCUT2D eigenvalue weighted by atomic mass is 19.1. The average Bonchev–Trinajstić information content (AvgIpc) is 2.27. The Morgan fingerprint density at radius 3 is 2.56 bits per heavy atom. The lowest BCUT2D eigenvalue weighted by Gasteiger charge is -2.17. The highest BCUT2D eigenvalue weighted by Gasteiger charge is 2.23. The van der Waals surface area contributed by atoms with E-state index in [1.807, 2.05) is 0 Å². The van der Waals surface area contributed by atoms with Gasteiger partial charge in [0.2, 0.25) is 0 Å². The molecule has 0 fully saturated rings. The number of halogens is 1. The van der Waals surface area contributed by atoms with E-state index in [9.17, 15) is 19.4 Å². The highest BCUT2D eigenvalue weighted by Crippen LogP contribution is 2.22. The standard InChI is InChI=1S/C10H12FNO4/c11-8-5(9(14)7(13)4-12)2-1-3-6(8)10(15)16/h1-3,7,9,13-14H,4,12H2,(H,15,16). The summed E-state index contributed by atoms with van der Waals surface area (Å²) < 4.78 is 13.6. The number of aliphatic hydroxyl groups excluding tert-OH is 2. The molecule has 0 saturated carbocycles. The van der Waals surface area contributed by atoms with Crippen LogP contribution in [0.5, 0.6) is 0 Å². The lowest BCUT2D eigenvalue weighted by Crippen LogP contribution is -2.28. The van der Waals surface area contributed by atoms with Crippen LogP contribution >= 0.6 is 0 Å². The summed E-state index contributed by atoms with van der Waals surface area (Å²) in [5.74, 6) is -2.50. The van der Waals surface area contributed by atoms with Crippen molar-refractivity contribution in [3.63, 3.8) is 0 Å². The Balaban J connectivity index is 3.15. The number of rotatable bonds is 4. The van der Waals surface area contributed by atoms with E-state index in [1.165, 1.54) is 12.1 Å². The summed E-state index contributed by atoms with van der Waals surface area (Å²) >= 11 is 0. The van der Waals surface area contributed by atoms with Gasteiger partial charge < -0.3 is 21.1 Å². The molecule has 0 amide bonds. The van der Waals surface area contributed by atoms with Crippen LogP contribution in [0.15, 0.2) is 18.2 Å². The fourth-order valence-electron chi connectivity index (χ4n) is 1.28. The van der Waals surface area contributed by atoms with Gasteiger partial charge >= 0.3 is 5.97 Å². The normalized spacial score (nSPS) is 14.5. The van der Waals surface area contributed by atoms with Gasteiger partial charge in [0.05, 0.1) is 11.7 Å². The molecule has 88 valence electrons. The van der Waals surface area contributed by atoms with Gasteiger partial charge in [0.1, 0.15) is 11.9 Å². The number of hydrogen-bond donors (Lipinski definition) is 4. The third-order valence-electron chi connectivity index (χ3n) is 2.18. The van der Waals surface area contributed by atoms with Crippen molar-refractivity contribution >= 4 is 5.97 Å². The van der Waals surface area contributed by atoms with E-state index in [2.05, 4.69) is 0 Å². The lowest BCUT2D eigenvalue weighted by molar-refractivity contribution is 0.0220. The number of benzene rings is 1. The van der Waals surface area contributed by atoms with Crippen molar-refractivity contribution in [1.82, 2.24) is 0 Å². The Bertz CT molecular complexity index is 396. The van der Waals surface area contributed by atoms with Crippen LogP contribution in [0.1, 0.15) is 22.0 Å². The van der Waals surface area contributed by atoms with Crippen molar-refractivity contribution in [3.05, 3.63) is 35.1 Å². The van der Waals surface area contributed by atoms with Crippen LogP contribution in [0, 0.1) is 5.82 Å². The van der Waals surface area contributed by atoms with E-state index in [1.54, 1.807) is 0 Å². The maximum absolute atomic E-state index is 13.6. The van der Waals surface area contributed by atoms with Gasteiger partial charge in [-0.05, 0) is 6.07 Å². The number of carboxylic acid groups (broad SMARTS) is 1. The maximum atomic E-state index is 13.6. The van der Waals surface area contributed by atoms with E-state index in [0.717, 1.165) is 6.07 Å². The predicted octanol–water partition coefficient (Wildman–Crippen LogP) is -0.123. The summed E-state index contributed by atoms with van der Waals surface area (Å²) in [7, 11) is 0. The Hall–Kier alpha value is -1.50. The second-order valence-corrected chi connectivity index (χ2v) is 3.26. The van der Waals surface area contributed by atoms with E-state index in [0.29, 0.717) is 0 Å². The molecule has 0 saturated heterocycles. The first-order valence-electron chi connectivity index (χ1n) is 4.57. The third kappa shape index (κ3) is 2.35. The van der Waals surface area contributed by atoms with Gasteiger partial charge in [0, 0.05) is 12.1 Å². The van der Waals surface area contributed by atoms with Gasteiger partial charge in [-0.15, -0.1) is 0 Å². The lowest BCUT2D eigenvalue weighted by atomic mass is 10.0. The number of aromatic carboxylic acids is 1. The van der Waals surface area contributed by atoms with E-state index < -0.39 is 29.6 Å². The number of hydrogen-bond acceptors (Lipinski definition) is 4. The SMILES string of the molecule is NCC(O)C(O)c1cccc(C(=O)O)c1F. The largest absolute Gasteiger partial charge is 0.478 e. The van der Waals surface area contributed by atoms with Crippen LogP contribution < -0.4 is 5.73 Å². The number of aliphatic hydroxyl groups is 2. The molecule has 0 aliphatic carbocycles. The Morgan fingerprint density at radius 2 is 2.06 bits per heavy atom. The van der Waals surface area contributed by atoms with Crippen LogP contribution in [0.25, 0.3) is 0 Å². The Kier molecular flexibility index (Phi) is 3.94. The van der Waals surface area contributed by atoms with Gasteiger partial charge in [-0.2, -0.15) is 0 Å². The second-order valence-electron chi connectivity index (χ2n) is 3.26. The first kappa shape index (κ1) is 12.6. The monoisotopic (exact) mass is 229 g/mol. The summed E-state index contributed by atoms with van der Waals surface area (Å²) in [4.78, 5) is 10.6. The molecule has 0 heterocycles. The van der Waals surface area contributed by atoms with Gasteiger partial charge in [-0.3, -0.25) is 0 Å². The van der Waals surface area contributed by atoms with Crippen molar-refractivity contribution in [1.29, 1.82) is 0 Å². The molecule has 1 aromatic carbocycles. The van der Waals surface area contributed by atoms with Crippen LogP contribution in [0.2, 0.25) is 0 Å². The fraction of sp³-hybridized carbons (Fsp3) is 0.300. The molecule has 2 atom stereocenters. The van der Waals surface area contributed by atoms with Crippen molar-refractivity contribution in [2.75, 3.05) is 6.54 Å². The first-order chi connectivity index (χ1) is 7.49. The minimum absolute atomic E-state index is 0.252. The topological polar surface area (TPSA) is 104 Å². The zero-order chi connectivity index (χ0) is 12.3. The minimum atomic E-state index is -1.54. The molecule has 2 unspecified atom stereocenters. The quantitative estimate of drug-likeness (QED) is 0.576. The average molecular weight is 229 g/mol. The number of carbonyl (C=O) groups is 1. The summed E-state index contributed by atoms with van der Waals surface area (Å²) in [6.45, 7) is -0.252. The molecule has 0 radical (unpaired) electrons. The summed E-state index contributed by atoms with van der Waals surface area (Å²) in [5.41, 5.74) is 4.27. The van der Waals surface area contributed by atoms with Gasteiger partial charge in [0.25, 0.3) is 0 Å².